The topological polar surface area (TPSA) is 47.9 Å². The van der Waals surface area contributed by atoms with Crippen LogP contribution < -0.4 is 9.47 Å². The van der Waals surface area contributed by atoms with Gasteiger partial charge in [0.05, 0.1) is 13.2 Å². The molecule has 0 aliphatic carbocycles. The van der Waals surface area contributed by atoms with Crippen LogP contribution in [0.15, 0.2) is 78.9 Å². The van der Waals surface area contributed by atoms with Crippen LogP contribution in [0.1, 0.15) is 22.8 Å². The molecule has 0 saturated carbocycles. The smallest absolute Gasteiger partial charge is 0.126 e. The average Bonchev–Trinajstić information content (AvgIpc) is 2.77. The number of aliphatic hydroxyl groups excluding tert-OH is 1. The Bertz CT molecular complexity index is 849. The average molecular weight is 378 g/mol. The lowest BCUT2D eigenvalue weighted by molar-refractivity contribution is -0.0128. The molecule has 3 aromatic rings. The summed E-state index contributed by atoms with van der Waals surface area (Å²) in [7, 11) is 3.25. The van der Waals surface area contributed by atoms with Crippen molar-refractivity contribution in [2.75, 3.05) is 14.2 Å². The fourth-order valence-corrected chi connectivity index (χ4v) is 3.11. The Morgan fingerprint density at radius 2 is 1.54 bits per heavy atom. The number of hydrogen-bond donors (Lipinski definition) is 1. The SMILES string of the molecule is COc1ccc(C[C@@H](OC)[C@@H](O)c2ccccc2)c(OCc2ccccc2)c1. The minimum Gasteiger partial charge on any atom is -0.497 e. The zero-order valence-electron chi connectivity index (χ0n) is 16.2. The number of rotatable bonds is 9. The van der Waals surface area contributed by atoms with Crippen LogP contribution in [0.3, 0.4) is 0 Å². The van der Waals surface area contributed by atoms with E-state index in [1.54, 1.807) is 14.2 Å². The van der Waals surface area contributed by atoms with Crippen molar-refractivity contribution in [3.63, 3.8) is 0 Å². The highest BCUT2D eigenvalue weighted by Gasteiger charge is 2.22. The predicted molar refractivity (Wildman–Crippen MR) is 110 cm³/mol. The van der Waals surface area contributed by atoms with E-state index in [0.717, 1.165) is 28.2 Å². The van der Waals surface area contributed by atoms with E-state index >= 15 is 0 Å². The molecule has 3 aromatic carbocycles. The molecule has 1 N–H and O–H groups in total. The first-order valence-electron chi connectivity index (χ1n) is 9.30. The van der Waals surface area contributed by atoms with Crippen molar-refractivity contribution in [1.82, 2.24) is 0 Å². The van der Waals surface area contributed by atoms with Gasteiger partial charge in [-0.3, -0.25) is 0 Å². The first-order valence-corrected chi connectivity index (χ1v) is 9.30. The summed E-state index contributed by atoms with van der Waals surface area (Å²) in [5.41, 5.74) is 2.87. The van der Waals surface area contributed by atoms with Gasteiger partial charge in [0.2, 0.25) is 0 Å². The molecule has 0 amide bonds. The largest absolute Gasteiger partial charge is 0.497 e. The highest BCUT2D eigenvalue weighted by molar-refractivity contribution is 5.41. The van der Waals surface area contributed by atoms with Gasteiger partial charge in [-0.25, -0.2) is 0 Å². The molecule has 0 heterocycles. The van der Waals surface area contributed by atoms with Gasteiger partial charge in [0, 0.05) is 19.6 Å². The van der Waals surface area contributed by atoms with Gasteiger partial charge in [0.15, 0.2) is 0 Å². The number of methoxy groups -OCH3 is 2. The highest BCUT2D eigenvalue weighted by atomic mass is 16.5. The number of benzene rings is 3. The molecule has 0 saturated heterocycles. The third-order valence-electron chi connectivity index (χ3n) is 4.73. The molecule has 4 nitrogen and oxygen atoms in total. The molecule has 2 atom stereocenters. The molecule has 146 valence electrons. The minimum absolute atomic E-state index is 0.394. The van der Waals surface area contributed by atoms with Gasteiger partial charge in [-0.05, 0) is 22.8 Å². The Balaban J connectivity index is 1.79. The molecule has 0 unspecified atom stereocenters. The molecule has 4 heteroatoms. The first kappa shape index (κ1) is 19.9. The summed E-state index contributed by atoms with van der Waals surface area (Å²) in [5, 5.41) is 10.8. The molecule has 28 heavy (non-hydrogen) atoms. The molecule has 0 fully saturated rings. The van der Waals surface area contributed by atoms with Gasteiger partial charge in [0.1, 0.15) is 24.2 Å². The van der Waals surface area contributed by atoms with Crippen LogP contribution in [-0.4, -0.2) is 25.4 Å². The van der Waals surface area contributed by atoms with E-state index in [4.69, 9.17) is 14.2 Å². The first-order chi connectivity index (χ1) is 13.7. The maximum atomic E-state index is 10.8. The lowest BCUT2D eigenvalue weighted by Gasteiger charge is -2.23. The van der Waals surface area contributed by atoms with E-state index in [9.17, 15) is 5.11 Å². The van der Waals surface area contributed by atoms with Crippen LogP contribution in [-0.2, 0) is 17.8 Å². The fourth-order valence-electron chi connectivity index (χ4n) is 3.11. The molecule has 0 spiro atoms. The number of ether oxygens (including phenoxy) is 3. The second-order valence-corrected chi connectivity index (χ2v) is 6.58. The summed E-state index contributed by atoms with van der Waals surface area (Å²) in [5.74, 6) is 1.45. The van der Waals surface area contributed by atoms with Crippen molar-refractivity contribution in [3.8, 4) is 11.5 Å². The van der Waals surface area contributed by atoms with Crippen molar-refractivity contribution in [2.45, 2.75) is 25.2 Å². The monoisotopic (exact) mass is 378 g/mol. The second-order valence-electron chi connectivity index (χ2n) is 6.58. The van der Waals surface area contributed by atoms with Gasteiger partial charge in [-0.2, -0.15) is 0 Å². The summed E-state index contributed by atoms with van der Waals surface area (Å²) in [6.07, 6.45) is -0.606. The number of hydrogen-bond acceptors (Lipinski definition) is 4. The lowest BCUT2D eigenvalue weighted by atomic mass is 9.97. The van der Waals surface area contributed by atoms with Crippen molar-refractivity contribution in [3.05, 3.63) is 95.6 Å². The Hall–Kier alpha value is -2.82. The van der Waals surface area contributed by atoms with Gasteiger partial charge in [-0.15, -0.1) is 0 Å². The van der Waals surface area contributed by atoms with E-state index < -0.39 is 12.2 Å². The fraction of sp³-hybridized carbons (Fsp3) is 0.250. The third-order valence-corrected chi connectivity index (χ3v) is 4.73. The van der Waals surface area contributed by atoms with Crippen LogP contribution in [0.5, 0.6) is 11.5 Å². The third kappa shape index (κ3) is 5.12. The maximum absolute atomic E-state index is 10.8. The zero-order valence-corrected chi connectivity index (χ0v) is 16.2. The number of aliphatic hydroxyl groups is 1. The summed E-state index contributed by atoms with van der Waals surface area (Å²) in [4.78, 5) is 0. The Labute approximate surface area is 166 Å². The molecule has 0 aromatic heterocycles. The Kier molecular flexibility index (Phi) is 7.06. The van der Waals surface area contributed by atoms with Gasteiger partial charge in [0.25, 0.3) is 0 Å². The van der Waals surface area contributed by atoms with Gasteiger partial charge < -0.3 is 19.3 Å². The van der Waals surface area contributed by atoms with Crippen molar-refractivity contribution < 1.29 is 19.3 Å². The van der Waals surface area contributed by atoms with E-state index in [1.807, 2.05) is 78.9 Å². The van der Waals surface area contributed by atoms with Crippen molar-refractivity contribution >= 4 is 0 Å². The second kappa shape index (κ2) is 9.93. The van der Waals surface area contributed by atoms with Crippen LogP contribution in [0.2, 0.25) is 0 Å². The molecule has 0 radical (unpaired) electrons. The molecule has 3 rings (SSSR count). The summed E-state index contributed by atoms with van der Waals surface area (Å²) < 4.78 is 17.0. The summed E-state index contributed by atoms with van der Waals surface area (Å²) in [6.45, 7) is 0.458. The van der Waals surface area contributed by atoms with E-state index in [1.165, 1.54) is 0 Å². The Morgan fingerprint density at radius 1 is 0.857 bits per heavy atom. The molecular weight excluding hydrogens is 352 g/mol. The summed E-state index contributed by atoms with van der Waals surface area (Å²) in [6, 6.07) is 25.3. The quantitative estimate of drug-likeness (QED) is 0.593. The van der Waals surface area contributed by atoms with E-state index in [-0.39, 0.29) is 0 Å². The maximum Gasteiger partial charge on any atom is 0.126 e. The summed E-state index contributed by atoms with van der Waals surface area (Å²) >= 11 is 0. The molecule has 0 bridgehead atoms. The van der Waals surface area contributed by atoms with Gasteiger partial charge in [-0.1, -0.05) is 66.7 Å². The highest BCUT2D eigenvalue weighted by Crippen LogP contribution is 2.30. The molecule has 0 aliphatic heterocycles. The standard InChI is InChI=1S/C24H26O4/c1-26-21-14-13-20(22(16-21)28-17-18-9-5-3-6-10-18)15-23(27-2)24(25)19-11-7-4-8-12-19/h3-14,16,23-25H,15,17H2,1-2H3/t23-,24+/m1/s1. The van der Waals surface area contributed by atoms with E-state index in [2.05, 4.69) is 0 Å². The van der Waals surface area contributed by atoms with Crippen molar-refractivity contribution in [1.29, 1.82) is 0 Å². The van der Waals surface area contributed by atoms with Crippen LogP contribution >= 0.6 is 0 Å². The predicted octanol–water partition coefficient (Wildman–Crippen LogP) is 4.57. The minimum atomic E-state index is -0.727. The zero-order chi connectivity index (χ0) is 19.8. The molecular formula is C24H26O4. The van der Waals surface area contributed by atoms with Crippen LogP contribution in [0.4, 0.5) is 0 Å². The normalized spacial score (nSPS) is 13.0. The van der Waals surface area contributed by atoms with Crippen LogP contribution in [0, 0.1) is 0 Å². The molecule has 0 aliphatic rings. The van der Waals surface area contributed by atoms with E-state index in [0.29, 0.717) is 13.0 Å². The van der Waals surface area contributed by atoms with Crippen LogP contribution in [0.25, 0.3) is 0 Å². The lowest BCUT2D eigenvalue weighted by Crippen LogP contribution is -2.23. The van der Waals surface area contributed by atoms with Crippen molar-refractivity contribution in [2.24, 2.45) is 0 Å². The Morgan fingerprint density at radius 3 is 2.18 bits per heavy atom. The van der Waals surface area contributed by atoms with Gasteiger partial charge >= 0.3 is 0 Å².